The molecule has 6 nitrogen and oxygen atoms in total. The first-order chi connectivity index (χ1) is 11.3. The molecule has 1 fully saturated rings. The summed E-state index contributed by atoms with van der Waals surface area (Å²) in [7, 11) is 0. The zero-order valence-corrected chi connectivity index (χ0v) is 13.2. The summed E-state index contributed by atoms with van der Waals surface area (Å²) >= 11 is 1.45. The molecule has 0 unspecified atom stereocenters. The van der Waals surface area contributed by atoms with E-state index in [4.69, 9.17) is 0 Å². The molecule has 2 aromatic heterocycles. The summed E-state index contributed by atoms with van der Waals surface area (Å²) in [6.07, 6.45) is 7.39. The van der Waals surface area contributed by atoms with Crippen molar-refractivity contribution in [2.45, 2.75) is 12.8 Å². The molecule has 2 amide bonds. The van der Waals surface area contributed by atoms with Crippen molar-refractivity contribution in [3.05, 3.63) is 47.0 Å². The first-order valence-corrected chi connectivity index (χ1v) is 8.40. The number of thiazole rings is 1. The van der Waals surface area contributed by atoms with Gasteiger partial charge in [0.2, 0.25) is 0 Å². The Morgan fingerprint density at radius 1 is 1.13 bits per heavy atom. The molecule has 0 radical (unpaired) electrons. The lowest BCUT2D eigenvalue weighted by atomic mass is 10.2. The van der Waals surface area contributed by atoms with Crippen LogP contribution >= 0.6 is 11.3 Å². The van der Waals surface area contributed by atoms with Crippen LogP contribution in [0.15, 0.2) is 47.2 Å². The Morgan fingerprint density at radius 2 is 1.91 bits per heavy atom. The molecular formula is C16H15N5OS. The number of carbonyl (C=O) groups is 1. The second kappa shape index (κ2) is 5.92. The van der Waals surface area contributed by atoms with Crippen LogP contribution in [0.25, 0.3) is 16.7 Å². The Morgan fingerprint density at radius 3 is 2.74 bits per heavy atom. The predicted molar refractivity (Wildman–Crippen MR) is 88.5 cm³/mol. The van der Waals surface area contributed by atoms with Gasteiger partial charge in [0.25, 0.3) is 0 Å². The molecule has 4 rings (SSSR count). The smallest absolute Gasteiger partial charge is 0.323 e. The first kappa shape index (κ1) is 14.1. The zero-order chi connectivity index (χ0) is 15.6. The van der Waals surface area contributed by atoms with Crippen LogP contribution in [0.3, 0.4) is 0 Å². The van der Waals surface area contributed by atoms with E-state index in [0.717, 1.165) is 42.7 Å². The van der Waals surface area contributed by atoms with E-state index in [1.54, 1.807) is 17.3 Å². The summed E-state index contributed by atoms with van der Waals surface area (Å²) in [5.74, 6) is 0. The van der Waals surface area contributed by atoms with E-state index < -0.39 is 0 Å². The number of amides is 2. The van der Waals surface area contributed by atoms with Crippen molar-refractivity contribution in [1.29, 1.82) is 0 Å². The van der Waals surface area contributed by atoms with Crippen LogP contribution in [0.4, 0.5) is 4.79 Å². The topological polar surface area (TPSA) is 63.4 Å². The van der Waals surface area contributed by atoms with Crippen LogP contribution in [0.2, 0.25) is 0 Å². The van der Waals surface area contributed by atoms with Gasteiger partial charge in [0.05, 0.1) is 16.7 Å². The lowest BCUT2D eigenvalue weighted by Gasteiger charge is -2.10. The quantitative estimate of drug-likeness (QED) is 0.691. The van der Waals surface area contributed by atoms with E-state index in [1.165, 1.54) is 11.3 Å². The summed E-state index contributed by atoms with van der Waals surface area (Å²) in [4.78, 5) is 27.6. The van der Waals surface area contributed by atoms with Crippen molar-refractivity contribution < 1.29 is 4.79 Å². The number of fused-ring (bicyclic) bond motifs is 1. The Kier molecular flexibility index (Phi) is 3.63. The Bertz CT molecular complexity index is 923. The van der Waals surface area contributed by atoms with E-state index in [1.807, 2.05) is 34.3 Å². The van der Waals surface area contributed by atoms with Gasteiger partial charge in [0, 0.05) is 37.1 Å². The van der Waals surface area contributed by atoms with Crippen LogP contribution < -0.4 is 4.80 Å². The maximum atomic E-state index is 12.2. The highest BCUT2D eigenvalue weighted by molar-refractivity contribution is 7.07. The summed E-state index contributed by atoms with van der Waals surface area (Å²) in [5.41, 5.74) is 2.59. The molecule has 3 aromatic rings. The molecule has 0 bridgehead atoms. The van der Waals surface area contributed by atoms with Crippen LogP contribution in [0.1, 0.15) is 12.8 Å². The van der Waals surface area contributed by atoms with E-state index in [0.29, 0.717) is 4.80 Å². The molecule has 116 valence electrons. The Balaban J connectivity index is 1.74. The number of hydrogen-bond acceptors (Lipinski definition) is 4. The summed E-state index contributed by atoms with van der Waals surface area (Å²) in [5, 5.41) is 1.93. The van der Waals surface area contributed by atoms with Crippen molar-refractivity contribution in [3.8, 4) is 5.69 Å². The maximum absolute atomic E-state index is 12.2. The second-order valence-corrected chi connectivity index (χ2v) is 6.25. The molecule has 0 spiro atoms. The van der Waals surface area contributed by atoms with E-state index in [2.05, 4.69) is 15.0 Å². The number of rotatable bonds is 1. The molecule has 1 aliphatic heterocycles. The van der Waals surface area contributed by atoms with E-state index in [9.17, 15) is 4.79 Å². The van der Waals surface area contributed by atoms with Gasteiger partial charge in [0.15, 0.2) is 4.80 Å². The molecule has 1 aromatic carbocycles. The van der Waals surface area contributed by atoms with Gasteiger partial charge in [-0.2, -0.15) is 4.99 Å². The third-order valence-corrected chi connectivity index (χ3v) is 4.65. The minimum Gasteiger partial charge on any atom is -0.323 e. The van der Waals surface area contributed by atoms with Crippen LogP contribution in [0, 0.1) is 0 Å². The van der Waals surface area contributed by atoms with Crippen LogP contribution in [-0.4, -0.2) is 38.6 Å². The number of carbonyl (C=O) groups excluding carboxylic acids is 1. The molecule has 7 heteroatoms. The molecule has 23 heavy (non-hydrogen) atoms. The molecule has 3 heterocycles. The third kappa shape index (κ3) is 2.75. The highest BCUT2D eigenvalue weighted by Gasteiger charge is 2.17. The van der Waals surface area contributed by atoms with Gasteiger partial charge in [-0.1, -0.05) is 0 Å². The van der Waals surface area contributed by atoms with Gasteiger partial charge in [-0.3, -0.25) is 14.5 Å². The standard InChI is InChI=1S/C16H15N5OS/c22-15(20-7-1-2-8-20)19-16-21(9-10-23-16)12-3-4-13-14(11-12)18-6-5-17-13/h3-6,9-11H,1-2,7-8H2/b19-16-. The highest BCUT2D eigenvalue weighted by Crippen LogP contribution is 2.14. The molecule has 1 aliphatic rings. The largest absolute Gasteiger partial charge is 0.346 e. The number of urea groups is 1. The van der Waals surface area contributed by atoms with Crippen LogP contribution in [0.5, 0.6) is 0 Å². The molecule has 0 saturated carbocycles. The Labute approximate surface area is 136 Å². The predicted octanol–water partition coefficient (Wildman–Crippen LogP) is 2.60. The normalized spacial score (nSPS) is 15.5. The van der Waals surface area contributed by atoms with Gasteiger partial charge < -0.3 is 4.90 Å². The number of nitrogens with zero attached hydrogens (tertiary/aromatic N) is 5. The average molecular weight is 325 g/mol. The lowest BCUT2D eigenvalue weighted by Crippen LogP contribution is -2.27. The van der Waals surface area contributed by atoms with Crippen molar-refractivity contribution in [2.75, 3.05) is 13.1 Å². The summed E-state index contributed by atoms with van der Waals surface area (Å²) in [6.45, 7) is 1.61. The van der Waals surface area contributed by atoms with Gasteiger partial charge >= 0.3 is 6.03 Å². The van der Waals surface area contributed by atoms with Crippen LogP contribution in [-0.2, 0) is 0 Å². The Hall–Kier alpha value is -2.54. The second-order valence-electron chi connectivity index (χ2n) is 5.37. The fraction of sp³-hybridized carbons (Fsp3) is 0.250. The van der Waals surface area contributed by atoms with Gasteiger partial charge in [-0.25, -0.2) is 4.79 Å². The van der Waals surface area contributed by atoms with E-state index in [-0.39, 0.29) is 6.03 Å². The van der Waals surface area contributed by atoms with Gasteiger partial charge in [-0.15, -0.1) is 11.3 Å². The number of likely N-dealkylation sites (tertiary alicyclic amines) is 1. The van der Waals surface area contributed by atoms with Gasteiger partial charge in [-0.05, 0) is 31.0 Å². The summed E-state index contributed by atoms with van der Waals surface area (Å²) in [6, 6.07) is 5.69. The molecular weight excluding hydrogens is 310 g/mol. The molecule has 1 saturated heterocycles. The zero-order valence-electron chi connectivity index (χ0n) is 12.4. The summed E-state index contributed by atoms with van der Waals surface area (Å²) < 4.78 is 1.91. The lowest BCUT2D eigenvalue weighted by molar-refractivity contribution is 0.218. The first-order valence-electron chi connectivity index (χ1n) is 7.52. The van der Waals surface area contributed by atoms with Crippen molar-refractivity contribution in [2.24, 2.45) is 4.99 Å². The monoisotopic (exact) mass is 325 g/mol. The number of benzene rings is 1. The minimum absolute atomic E-state index is 0.153. The molecule has 0 aliphatic carbocycles. The number of hydrogen-bond donors (Lipinski definition) is 0. The molecule has 0 N–H and O–H groups in total. The van der Waals surface area contributed by atoms with E-state index >= 15 is 0 Å². The third-order valence-electron chi connectivity index (χ3n) is 3.89. The minimum atomic E-state index is -0.153. The maximum Gasteiger partial charge on any atom is 0.346 e. The van der Waals surface area contributed by atoms with Crippen molar-refractivity contribution in [1.82, 2.24) is 19.4 Å². The highest BCUT2D eigenvalue weighted by atomic mass is 32.1. The van der Waals surface area contributed by atoms with Crippen molar-refractivity contribution in [3.63, 3.8) is 0 Å². The fourth-order valence-electron chi connectivity index (χ4n) is 2.71. The van der Waals surface area contributed by atoms with Gasteiger partial charge in [0.1, 0.15) is 0 Å². The molecule has 0 atom stereocenters. The average Bonchev–Trinajstić information content (AvgIpc) is 3.26. The SMILES string of the molecule is O=C(/N=c1\sccn1-c1ccc2nccnc2c1)N1CCCC1. The van der Waals surface area contributed by atoms with Crippen molar-refractivity contribution >= 4 is 28.4 Å². The fourth-order valence-corrected chi connectivity index (χ4v) is 3.43. The number of aromatic nitrogens is 3.